The van der Waals surface area contributed by atoms with Crippen molar-refractivity contribution in [3.63, 3.8) is 0 Å². The van der Waals surface area contributed by atoms with Crippen LogP contribution < -0.4 is 10.0 Å². The molecule has 1 aliphatic heterocycles. The first-order chi connectivity index (χ1) is 9.50. The largest absolute Gasteiger partial charge is 0.381 e. The molecule has 0 saturated heterocycles. The average Bonchev–Trinajstić information content (AvgIpc) is 2.78. The van der Waals surface area contributed by atoms with E-state index in [1.54, 1.807) is 7.05 Å². The van der Waals surface area contributed by atoms with Crippen LogP contribution >= 0.6 is 0 Å². The number of aromatic nitrogens is 2. The summed E-state index contributed by atoms with van der Waals surface area (Å²) in [6, 6.07) is 7.56. The van der Waals surface area contributed by atoms with Crippen LogP contribution in [0.15, 0.2) is 35.4 Å². The van der Waals surface area contributed by atoms with Gasteiger partial charge in [0, 0.05) is 19.8 Å². The van der Waals surface area contributed by atoms with Crippen molar-refractivity contribution in [2.75, 3.05) is 16.6 Å². The second kappa shape index (κ2) is 4.52. The van der Waals surface area contributed by atoms with Gasteiger partial charge in [-0.25, -0.2) is 8.42 Å². The Hall–Kier alpha value is -2.02. The Balaban J connectivity index is 2.12. The highest BCUT2D eigenvalue weighted by molar-refractivity contribution is 7.93. The van der Waals surface area contributed by atoms with Gasteiger partial charge in [0.25, 0.3) is 10.0 Å². The van der Waals surface area contributed by atoms with Gasteiger partial charge in [0.05, 0.1) is 5.69 Å². The summed E-state index contributed by atoms with van der Waals surface area (Å²) < 4.78 is 28.4. The van der Waals surface area contributed by atoms with Gasteiger partial charge in [0.1, 0.15) is 4.90 Å². The van der Waals surface area contributed by atoms with Crippen LogP contribution in [0.3, 0.4) is 0 Å². The van der Waals surface area contributed by atoms with E-state index >= 15 is 0 Å². The molecule has 0 fully saturated rings. The lowest BCUT2D eigenvalue weighted by atomic mass is 10.0. The quantitative estimate of drug-likeness (QED) is 0.900. The number of para-hydroxylation sites is 1. The van der Waals surface area contributed by atoms with Crippen molar-refractivity contribution < 1.29 is 8.42 Å². The van der Waals surface area contributed by atoms with E-state index in [4.69, 9.17) is 5.73 Å². The zero-order chi connectivity index (χ0) is 14.3. The minimum absolute atomic E-state index is 0.0376. The minimum atomic E-state index is -3.66. The van der Waals surface area contributed by atoms with E-state index in [0.29, 0.717) is 6.54 Å². The number of anilines is 2. The molecule has 0 unspecified atom stereocenters. The number of hydrogen-bond donors (Lipinski definition) is 1. The number of benzene rings is 1. The van der Waals surface area contributed by atoms with Crippen molar-refractivity contribution in [3.8, 4) is 0 Å². The molecule has 106 valence electrons. The van der Waals surface area contributed by atoms with E-state index < -0.39 is 10.0 Å². The molecule has 1 aromatic heterocycles. The van der Waals surface area contributed by atoms with Gasteiger partial charge in [-0.1, -0.05) is 18.2 Å². The molecule has 2 heterocycles. The molecule has 2 aromatic rings. The first-order valence-corrected chi connectivity index (χ1v) is 7.84. The summed E-state index contributed by atoms with van der Waals surface area (Å²) in [5.41, 5.74) is 7.50. The molecule has 3 rings (SSSR count). The Labute approximate surface area is 117 Å². The van der Waals surface area contributed by atoms with Crippen LogP contribution in [0.4, 0.5) is 11.5 Å². The number of nitrogen functional groups attached to an aromatic ring is 1. The summed E-state index contributed by atoms with van der Waals surface area (Å²) in [6.07, 6.45) is 3.14. The highest BCUT2D eigenvalue weighted by Crippen LogP contribution is 2.32. The first-order valence-electron chi connectivity index (χ1n) is 6.40. The second-order valence-corrected chi connectivity index (χ2v) is 6.69. The molecule has 0 radical (unpaired) electrons. The van der Waals surface area contributed by atoms with Crippen LogP contribution in [0.25, 0.3) is 0 Å². The van der Waals surface area contributed by atoms with E-state index in [0.717, 1.165) is 24.1 Å². The zero-order valence-electron chi connectivity index (χ0n) is 11.2. The lowest BCUT2D eigenvalue weighted by molar-refractivity contribution is 0.586. The number of rotatable bonds is 2. The van der Waals surface area contributed by atoms with Crippen molar-refractivity contribution in [1.82, 2.24) is 9.78 Å². The third kappa shape index (κ3) is 1.94. The molecule has 0 saturated carbocycles. The van der Waals surface area contributed by atoms with Crippen molar-refractivity contribution in [2.45, 2.75) is 17.7 Å². The molecule has 1 aliphatic rings. The van der Waals surface area contributed by atoms with Crippen LogP contribution in [-0.2, 0) is 23.5 Å². The van der Waals surface area contributed by atoms with Gasteiger partial charge < -0.3 is 5.73 Å². The first kappa shape index (κ1) is 13.0. The van der Waals surface area contributed by atoms with Gasteiger partial charge in [0.15, 0.2) is 5.82 Å². The molecule has 0 atom stereocenters. The van der Waals surface area contributed by atoms with Gasteiger partial charge in [-0.3, -0.25) is 8.99 Å². The lowest BCUT2D eigenvalue weighted by Gasteiger charge is -2.30. The molecule has 20 heavy (non-hydrogen) atoms. The minimum Gasteiger partial charge on any atom is -0.381 e. The standard InChI is InChI=1S/C13H16N4O2S/c1-16-9-12(13(14)15-16)20(18,19)17-8-4-6-10-5-2-3-7-11(10)17/h2-3,5,7,9H,4,6,8H2,1H3,(H2,14,15). The van der Waals surface area contributed by atoms with E-state index in [1.165, 1.54) is 15.2 Å². The molecule has 0 bridgehead atoms. The number of sulfonamides is 1. The molecule has 0 spiro atoms. The van der Waals surface area contributed by atoms with Crippen molar-refractivity contribution in [2.24, 2.45) is 7.05 Å². The average molecular weight is 292 g/mol. The number of hydrogen-bond acceptors (Lipinski definition) is 4. The second-order valence-electron chi connectivity index (χ2n) is 4.86. The molecular weight excluding hydrogens is 276 g/mol. The third-order valence-corrected chi connectivity index (χ3v) is 5.29. The van der Waals surface area contributed by atoms with E-state index in [2.05, 4.69) is 5.10 Å². The third-order valence-electron chi connectivity index (χ3n) is 3.46. The predicted molar refractivity (Wildman–Crippen MR) is 76.9 cm³/mol. The Bertz CT molecular complexity index is 751. The number of nitrogens with zero attached hydrogens (tertiary/aromatic N) is 3. The van der Waals surface area contributed by atoms with Crippen LogP contribution in [0.1, 0.15) is 12.0 Å². The van der Waals surface area contributed by atoms with Crippen molar-refractivity contribution in [3.05, 3.63) is 36.0 Å². The molecule has 6 nitrogen and oxygen atoms in total. The maximum Gasteiger partial charge on any atom is 0.269 e. The van der Waals surface area contributed by atoms with Gasteiger partial charge in [-0.15, -0.1) is 0 Å². The van der Waals surface area contributed by atoms with Gasteiger partial charge in [-0.05, 0) is 24.5 Å². The fourth-order valence-corrected chi connectivity index (χ4v) is 4.18. The van der Waals surface area contributed by atoms with Gasteiger partial charge in [0.2, 0.25) is 0 Å². The van der Waals surface area contributed by atoms with Crippen LogP contribution in [0.5, 0.6) is 0 Å². The highest BCUT2D eigenvalue weighted by Gasteiger charge is 2.31. The zero-order valence-corrected chi connectivity index (χ0v) is 12.0. The fraction of sp³-hybridized carbons (Fsp3) is 0.308. The Kier molecular flexibility index (Phi) is 2.93. The van der Waals surface area contributed by atoms with Gasteiger partial charge >= 0.3 is 0 Å². The van der Waals surface area contributed by atoms with Crippen LogP contribution in [-0.4, -0.2) is 24.7 Å². The molecule has 2 N–H and O–H groups in total. The number of aryl methyl sites for hydroxylation is 2. The SMILES string of the molecule is Cn1cc(S(=O)(=O)N2CCCc3ccccc32)c(N)n1. The molecule has 7 heteroatoms. The van der Waals surface area contributed by atoms with Gasteiger partial charge in [-0.2, -0.15) is 5.10 Å². The maximum atomic E-state index is 12.8. The van der Waals surface area contributed by atoms with E-state index in [1.807, 2.05) is 24.3 Å². The molecule has 1 aromatic carbocycles. The summed E-state index contributed by atoms with van der Waals surface area (Å²) in [5, 5.41) is 3.92. The maximum absolute atomic E-state index is 12.8. The van der Waals surface area contributed by atoms with Crippen LogP contribution in [0.2, 0.25) is 0 Å². The predicted octanol–water partition coefficient (Wildman–Crippen LogP) is 1.14. The summed E-state index contributed by atoms with van der Waals surface area (Å²) in [4.78, 5) is 0.0664. The van der Waals surface area contributed by atoms with Crippen LogP contribution in [0, 0.1) is 0 Å². The summed E-state index contributed by atoms with van der Waals surface area (Å²) >= 11 is 0. The number of nitrogens with two attached hydrogens (primary N) is 1. The Morgan fingerprint density at radius 2 is 2.05 bits per heavy atom. The van der Waals surface area contributed by atoms with E-state index in [-0.39, 0.29) is 10.7 Å². The smallest absolute Gasteiger partial charge is 0.269 e. The van der Waals surface area contributed by atoms with Crippen molar-refractivity contribution >= 4 is 21.5 Å². The lowest BCUT2D eigenvalue weighted by Crippen LogP contribution is -2.35. The summed E-state index contributed by atoms with van der Waals surface area (Å²) in [5.74, 6) is 0.0376. The highest BCUT2D eigenvalue weighted by atomic mass is 32.2. The Morgan fingerprint density at radius 1 is 1.30 bits per heavy atom. The molecule has 0 aliphatic carbocycles. The summed E-state index contributed by atoms with van der Waals surface area (Å²) in [6.45, 7) is 0.466. The summed E-state index contributed by atoms with van der Waals surface area (Å²) in [7, 11) is -2.01. The number of fused-ring (bicyclic) bond motifs is 1. The normalized spacial score (nSPS) is 15.2. The molecule has 0 amide bonds. The molecular formula is C13H16N4O2S. The topological polar surface area (TPSA) is 81.2 Å². The Morgan fingerprint density at radius 3 is 2.75 bits per heavy atom. The van der Waals surface area contributed by atoms with E-state index in [9.17, 15) is 8.42 Å². The monoisotopic (exact) mass is 292 g/mol. The fourth-order valence-electron chi connectivity index (χ4n) is 2.55. The van der Waals surface area contributed by atoms with Crippen molar-refractivity contribution in [1.29, 1.82) is 0 Å².